The van der Waals surface area contributed by atoms with E-state index in [1.54, 1.807) is 24.3 Å². The Morgan fingerprint density at radius 3 is 2.57 bits per heavy atom. The van der Waals surface area contributed by atoms with Crippen molar-refractivity contribution in [2.45, 2.75) is 4.90 Å². The number of rotatable bonds is 4. The van der Waals surface area contributed by atoms with E-state index in [0.29, 0.717) is 4.90 Å². The molecule has 78 valence electrons. The SMILES string of the molecule is O=[PH](O)OC[S@@+]([O-])c1ccc(Br)cc1. The summed E-state index contributed by atoms with van der Waals surface area (Å²) in [7, 11) is -3.00. The fraction of sp³-hybridized carbons (Fsp3) is 0.143. The predicted octanol–water partition coefficient (Wildman–Crippen LogP) is 1.91. The lowest BCUT2D eigenvalue weighted by molar-refractivity contribution is 0.322. The zero-order valence-corrected chi connectivity index (χ0v) is 10.4. The second-order valence-corrected chi connectivity index (χ2v) is 5.46. The van der Waals surface area contributed by atoms with Crippen molar-refractivity contribution < 1.29 is 18.5 Å². The Hall–Kier alpha value is 0.160. The van der Waals surface area contributed by atoms with Gasteiger partial charge in [-0.05, 0) is 24.3 Å². The van der Waals surface area contributed by atoms with Crippen LogP contribution in [0.5, 0.6) is 0 Å². The van der Waals surface area contributed by atoms with Crippen molar-refractivity contribution in [2.75, 3.05) is 5.94 Å². The van der Waals surface area contributed by atoms with E-state index in [9.17, 15) is 9.12 Å². The first-order valence-electron chi connectivity index (χ1n) is 3.59. The van der Waals surface area contributed by atoms with Crippen LogP contribution in [-0.2, 0) is 20.3 Å². The van der Waals surface area contributed by atoms with Gasteiger partial charge in [0.25, 0.3) is 0 Å². The van der Waals surface area contributed by atoms with Crippen molar-refractivity contribution in [3.8, 4) is 0 Å². The van der Waals surface area contributed by atoms with Crippen LogP contribution in [0.1, 0.15) is 0 Å². The van der Waals surface area contributed by atoms with Gasteiger partial charge in [0.2, 0.25) is 5.94 Å². The van der Waals surface area contributed by atoms with E-state index in [-0.39, 0.29) is 5.94 Å². The number of hydrogen-bond acceptors (Lipinski definition) is 3. The van der Waals surface area contributed by atoms with Crippen molar-refractivity contribution in [3.05, 3.63) is 28.7 Å². The zero-order chi connectivity index (χ0) is 10.6. The zero-order valence-electron chi connectivity index (χ0n) is 6.97. The van der Waals surface area contributed by atoms with Gasteiger partial charge in [-0.1, -0.05) is 15.9 Å². The highest BCUT2D eigenvalue weighted by Crippen LogP contribution is 2.20. The van der Waals surface area contributed by atoms with Crippen molar-refractivity contribution in [2.24, 2.45) is 0 Å². The van der Waals surface area contributed by atoms with Gasteiger partial charge in [0.05, 0.1) is 0 Å². The number of halogens is 1. The molecule has 0 bridgehead atoms. The van der Waals surface area contributed by atoms with Gasteiger partial charge >= 0.3 is 8.25 Å². The Labute approximate surface area is 93.5 Å². The Bertz CT molecular complexity index is 318. The van der Waals surface area contributed by atoms with E-state index in [2.05, 4.69) is 20.5 Å². The highest BCUT2D eigenvalue weighted by molar-refractivity contribution is 9.10. The number of hydrogen-bond donors (Lipinski definition) is 1. The minimum atomic E-state index is -3.00. The first-order chi connectivity index (χ1) is 6.59. The quantitative estimate of drug-likeness (QED) is 0.681. The summed E-state index contributed by atoms with van der Waals surface area (Å²) in [5.41, 5.74) is 0. The Morgan fingerprint density at radius 2 is 2.07 bits per heavy atom. The minimum Gasteiger partial charge on any atom is -0.610 e. The van der Waals surface area contributed by atoms with Crippen LogP contribution in [0, 0.1) is 0 Å². The van der Waals surface area contributed by atoms with Crippen LogP contribution in [0.25, 0.3) is 0 Å². The largest absolute Gasteiger partial charge is 0.610 e. The maximum absolute atomic E-state index is 11.4. The molecule has 1 aromatic rings. The van der Waals surface area contributed by atoms with Gasteiger partial charge in [0.15, 0.2) is 4.90 Å². The molecule has 0 aliphatic heterocycles. The molecule has 1 unspecified atom stereocenters. The highest BCUT2D eigenvalue weighted by Gasteiger charge is 2.11. The van der Waals surface area contributed by atoms with Gasteiger partial charge < -0.3 is 9.45 Å². The molecule has 1 rings (SSSR count). The molecule has 4 nitrogen and oxygen atoms in total. The van der Waals surface area contributed by atoms with Crippen LogP contribution in [0.4, 0.5) is 0 Å². The summed E-state index contributed by atoms with van der Waals surface area (Å²) in [5, 5.41) is 0. The van der Waals surface area contributed by atoms with Gasteiger partial charge in [0.1, 0.15) is 0 Å². The Morgan fingerprint density at radius 1 is 1.50 bits per heavy atom. The molecule has 0 saturated heterocycles. The topological polar surface area (TPSA) is 69.6 Å². The molecule has 0 aliphatic carbocycles. The Balaban J connectivity index is 2.56. The van der Waals surface area contributed by atoms with Crippen LogP contribution in [0.2, 0.25) is 0 Å². The van der Waals surface area contributed by atoms with E-state index < -0.39 is 19.4 Å². The number of benzene rings is 1. The van der Waals surface area contributed by atoms with Crippen LogP contribution in [-0.4, -0.2) is 15.4 Å². The third-order valence-corrected chi connectivity index (χ3v) is 3.63. The molecule has 0 radical (unpaired) electrons. The molecule has 7 heteroatoms. The monoisotopic (exact) mass is 298 g/mol. The van der Waals surface area contributed by atoms with Crippen LogP contribution in [0.3, 0.4) is 0 Å². The van der Waals surface area contributed by atoms with Gasteiger partial charge in [-0.25, -0.2) is 0 Å². The summed E-state index contributed by atoms with van der Waals surface area (Å²) in [4.78, 5) is 8.94. The van der Waals surface area contributed by atoms with Gasteiger partial charge in [-0.15, -0.1) is 0 Å². The second kappa shape index (κ2) is 5.90. The minimum absolute atomic E-state index is 0.254. The summed E-state index contributed by atoms with van der Waals surface area (Å²) >= 11 is 1.85. The molecule has 1 aromatic carbocycles. The summed E-state index contributed by atoms with van der Waals surface area (Å²) in [6.45, 7) is 0. The molecule has 14 heavy (non-hydrogen) atoms. The summed E-state index contributed by atoms with van der Waals surface area (Å²) < 4.78 is 26.9. The first-order valence-corrected chi connectivity index (χ1v) is 6.97. The molecule has 0 amide bonds. The van der Waals surface area contributed by atoms with Crippen molar-refractivity contribution in [3.63, 3.8) is 0 Å². The summed E-state index contributed by atoms with van der Waals surface area (Å²) in [6, 6.07) is 6.82. The standard InChI is InChI=1S/C7H8BrO4PS/c8-6-1-3-7(4-2-6)14(11)5-12-13(9)10/h1-4,13H,5H2,(H,9,10)/t14-/m1/s1. The maximum Gasteiger partial charge on any atom is 0.320 e. The smallest absolute Gasteiger partial charge is 0.320 e. The average molecular weight is 299 g/mol. The molecular formula is C7H8BrO4PS. The van der Waals surface area contributed by atoms with Gasteiger partial charge in [0, 0.05) is 15.6 Å². The molecule has 0 heterocycles. The molecular weight excluding hydrogens is 291 g/mol. The first kappa shape index (κ1) is 12.2. The molecule has 2 atom stereocenters. The Kier molecular flexibility index (Phi) is 5.15. The fourth-order valence-electron chi connectivity index (χ4n) is 0.758. The van der Waals surface area contributed by atoms with Gasteiger partial charge in [-0.3, -0.25) is 9.09 Å². The van der Waals surface area contributed by atoms with Crippen LogP contribution >= 0.6 is 24.2 Å². The van der Waals surface area contributed by atoms with Crippen LogP contribution in [0.15, 0.2) is 33.6 Å². The van der Waals surface area contributed by atoms with Crippen molar-refractivity contribution >= 4 is 35.4 Å². The maximum atomic E-state index is 11.4. The fourth-order valence-corrected chi connectivity index (χ4v) is 2.43. The molecule has 0 fully saturated rings. The highest BCUT2D eigenvalue weighted by atomic mass is 79.9. The summed E-state index contributed by atoms with van der Waals surface area (Å²) in [5.74, 6) is -0.254. The van der Waals surface area contributed by atoms with E-state index in [1.165, 1.54) is 0 Å². The lowest BCUT2D eigenvalue weighted by Crippen LogP contribution is -2.07. The van der Waals surface area contributed by atoms with Gasteiger partial charge in [-0.2, -0.15) is 0 Å². The summed E-state index contributed by atoms with van der Waals surface area (Å²) in [6.07, 6.45) is 0. The van der Waals surface area contributed by atoms with E-state index in [4.69, 9.17) is 4.89 Å². The van der Waals surface area contributed by atoms with E-state index in [0.717, 1.165) is 4.47 Å². The molecule has 0 spiro atoms. The third-order valence-electron chi connectivity index (χ3n) is 1.37. The molecule has 0 aliphatic rings. The molecule has 0 aromatic heterocycles. The predicted molar refractivity (Wildman–Crippen MR) is 57.7 cm³/mol. The second-order valence-electron chi connectivity index (χ2n) is 2.33. The average Bonchev–Trinajstić information content (AvgIpc) is 2.15. The van der Waals surface area contributed by atoms with Crippen LogP contribution < -0.4 is 0 Å². The normalized spacial score (nSPS) is 15.1. The van der Waals surface area contributed by atoms with Crippen molar-refractivity contribution in [1.29, 1.82) is 0 Å². The molecule has 1 N–H and O–H groups in total. The third kappa shape index (κ3) is 4.13. The molecule has 0 saturated carbocycles. The lowest BCUT2D eigenvalue weighted by atomic mass is 10.4. The van der Waals surface area contributed by atoms with E-state index in [1.807, 2.05) is 0 Å². The van der Waals surface area contributed by atoms with E-state index >= 15 is 0 Å². The van der Waals surface area contributed by atoms with Crippen molar-refractivity contribution in [1.82, 2.24) is 0 Å². The lowest BCUT2D eigenvalue weighted by Gasteiger charge is -2.08.